The summed E-state index contributed by atoms with van der Waals surface area (Å²) < 4.78 is 0. The van der Waals surface area contributed by atoms with Crippen LogP contribution in [0.2, 0.25) is 0 Å². The summed E-state index contributed by atoms with van der Waals surface area (Å²) in [7, 11) is 0. The average molecular weight is 493 g/mol. The molecule has 1 fully saturated rings. The number of carbonyl (C=O) groups excluding carboxylic acids is 1. The van der Waals surface area contributed by atoms with E-state index in [4.69, 9.17) is 10.1 Å². The van der Waals surface area contributed by atoms with Crippen molar-refractivity contribution in [3.05, 3.63) is 54.0 Å². The minimum absolute atomic E-state index is 0.0108. The molecule has 9 heteroatoms. The Hall–Kier alpha value is -3.46. The molecule has 2 aliphatic heterocycles. The SMILES string of the molecule is O=C(O)CCNC(=O)C1CCCN(CCCc2ccc3c(n2)NCCC3)C1.c1cnc2[nH]ccc2c1. The Morgan fingerprint density at radius 2 is 2.11 bits per heavy atom. The lowest BCUT2D eigenvalue weighted by Gasteiger charge is -2.32. The topological polar surface area (TPSA) is 123 Å². The molecule has 0 radical (unpaired) electrons. The molecule has 36 heavy (non-hydrogen) atoms. The zero-order valence-electron chi connectivity index (χ0n) is 20.7. The first-order chi connectivity index (χ1) is 17.6. The van der Waals surface area contributed by atoms with Gasteiger partial charge in [0.25, 0.3) is 0 Å². The number of hydrogen-bond acceptors (Lipinski definition) is 6. The highest BCUT2D eigenvalue weighted by molar-refractivity contribution is 5.79. The number of likely N-dealkylation sites (tertiary alicyclic amines) is 1. The van der Waals surface area contributed by atoms with E-state index in [9.17, 15) is 9.59 Å². The van der Waals surface area contributed by atoms with Crippen molar-refractivity contribution in [2.75, 3.05) is 38.0 Å². The number of nitrogens with zero attached hydrogens (tertiary/aromatic N) is 3. The predicted molar refractivity (Wildman–Crippen MR) is 140 cm³/mol. The van der Waals surface area contributed by atoms with Crippen molar-refractivity contribution in [2.24, 2.45) is 5.92 Å². The number of aryl methyl sites for hydroxylation is 2. The number of carboxylic acids is 1. The van der Waals surface area contributed by atoms with Crippen LogP contribution in [0.1, 0.15) is 43.4 Å². The van der Waals surface area contributed by atoms with Gasteiger partial charge in [-0.25, -0.2) is 9.97 Å². The van der Waals surface area contributed by atoms with Crippen molar-refractivity contribution >= 4 is 28.7 Å². The first kappa shape index (κ1) is 25.6. The molecule has 4 N–H and O–H groups in total. The number of aliphatic carboxylic acids is 1. The van der Waals surface area contributed by atoms with Gasteiger partial charge < -0.3 is 25.6 Å². The molecule has 0 spiro atoms. The van der Waals surface area contributed by atoms with Gasteiger partial charge in [-0.05, 0) is 81.4 Å². The third-order valence-corrected chi connectivity index (χ3v) is 6.70. The fourth-order valence-corrected chi connectivity index (χ4v) is 4.78. The van der Waals surface area contributed by atoms with E-state index in [1.54, 1.807) is 6.20 Å². The summed E-state index contributed by atoms with van der Waals surface area (Å²) in [6.45, 7) is 3.97. The number of aromatic nitrogens is 3. The summed E-state index contributed by atoms with van der Waals surface area (Å²) in [5.41, 5.74) is 3.40. The molecule has 192 valence electrons. The number of anilines is 1. The Labute approximate surface area is 211 Å². The van der Waals surface area contributed by atoms with E-state index in [2.05, 4.69) is 37.6 Å². The van der Waals surface area contributed by atoms with Gasteiger partial charge in [0.05, 0.1) is 12.3 Å². The van der Waals surface area contributed by atoms with Gasteiger partial charge >= 0.3 is 5.97 Å². The molecule has 2 aliphatic rings. The van der Waals surface area contributed by atoms with Crippen LogP contribution >= 0.6 is 0 Å². The van der Waals surface area contributed by atoms with Gasteiger partial charge in [0, 0.05) is 43.1 Å². The van der Waals surface area contributed by atoms with Gasteiger partial charge in [0.15, 0.2) is 0 Å². The average Bonchev–Trinajstić information content (AvgIpc) is 3.38. The second kappa shape index (κ2) is 13.0. The van der Waals surface area contributed by atoms with Crippen LogP contribution in [-0.4, -0.2) is 69.6 Å². The minimum atomic E-state index is -0.883. The third kappa shape index (κ3) is 7.52. The number of H-pyrrole nitrogens is 1. The molecule has 0 aromatic carbocycles. The maximum Gasteiger partial charge on any atom is 0.305 e. The maximum atomic E-state index is 12.2. The van der Waals surface area contributed by atoms with Gasteiger partial charge in [-0.3, -0.25) is 9.59 Å². The van der Waals surface area contributed by atoms with Crippen LogP contribution < -0.4 is 10.6 Å². The van der Waals surface area contributed by atoms with Gasteiger partial charge in [-0.15, -0.1) is 0 Å². The van der Waals surface area contributed by atoms with Gasteiger partial charge in [-0.1, -0.05) is 6.07 Å². The molecule has 1 amide bonds. The van der Waals surface area contributed by atoms with E-state index in [0.29, 0.717) is 0 Å². The predicted octanol–water partition coefficient (Wildman–Crippen LogP) is 3.24. The summed E-state index contributed by atoms with van der Waals surface area (Å²) in [6.07, 6.45) is 9.79. The smallest absolute Gasteiger partial charge is 0.305 e. The van der Waals surface area contributed by atoms with E-state index in [-0.39, 0.29) is 24.8 Å². The Morgan fingerprint density at radius 1 is 1.19 bits per heavy atom. The summed E-state index contributed by atoms with van der Waals surface area (Å²) in [6, 6.07) is 10.3. The monoisotopic (exact) mass is 492 g/mol. The van der Waals surface area contributed by atoms with Gasteiger partial charge in [-0.2, -0.15) is 0 Å². The van der Waals surface area contributed by atoms with E-state index >= 15 is 0 Å². The lowest BCUT2D eigenvalue weighted by atomic mass is 9.96. The van der Waals surface area contributed by atoms with E-state index in [1.165, 1.54) is 12.0 Å². The van der Waals surface area contributed by atoms with Crippen molar-refractivity contribution in [2.45, 2.75) is 44.9 Å². The first-order valence-electron chi connectivity index (χ1n) is 12.9. The second-order valence-electron chi connectivity index (χ2n) is 9.44. The van der Waals surface area contributed by atoms with Crippen LogP contribution in [0, 0.1) is 5.92 Å². The molecule has 0 saturated carbocycles. The van der Waals surface area contributed by atoms with Crippen molar-refractivity contribution < 1.29 is 14.7 Å². The summed E-state index contributed by atoms with van der Waals surface area (Å²) in [5, 5.41) is 16.0. The molecular formula is C27H36N6O3. The Morgan fingerprint density at radius 3 is 2.97 bits per heavy atom. The zero-order chi connectivity index (χ0) is 25.2. The number of nitrogens with one attached hydrogen (secondary N) is 3. The van der Waals surface area contributed by atoms with Crippen LogP contribution in [-0.2, 0) is 22.4 Å². The highest BCUT2D eigenvalue weighted by Gasteiger charge is 2.25. The van der Waals surface area contributed by atoms with Crippen LogP contribution in [0.25, 0.3) is 11.0 Å². The van der Waals surface area contributed by atoms with Crippen LogP contribution in [0.3, 0.4) is 0 Å². The van der Waals surface area contributed by atoms with Crippen molar-refractivity contribution in [1.82, 2.24) is 25.2 Å². The lowest BCUT2D eigenvalue weighted by molar-refractivity contribution is -0.137. The molecule has 0 bridgehead atoms. The molecule has 5 heterocycles. The number of carbonyl (C=O) groups is 2. The molecular weight excluding hydrogens is 456 g/mol. The Bertz CT molecular complexity index is 1120. The number of pyridine rings is 2. The minimum Gasteiger partial charge on any atom is -0.481 e. The number of hydrogen-bond donors (Lipinski definition) is 4. The summed E-state index contributed by atoms with van der Waals surface area (Å²) in [4.78, 5) is 37.0. The molecule has 3 aromatic heterocycles. The van der Waals surface area contributed by atoms with E-state index < -0.39 is 5.97 Å². The molecule has 5 rings (SSSR count). The molecule has 9 nitrogen and oxygen atoms in total. The molecule has 3 aromatic rings. The Kier molecular flexibility index (Phi) is 9.27. The van der Waals surface area contributed by atoms with Crippen LogP contribution in [0.15, 0.2) is 42.7 Å². The highest BCUT2D eigenvalue weighted by atomic mass is 16.4. The van der Waals surface area contributed by atoms with Crippen molar-refractivity contribution in [3.8, 4) is 0 Å². The Balaban J connectivity index is 0.000000280. The normalized spacial score (nSPS) is 17.4. The number of rotatable bonds is 8. The van der Waals surface area contributed by atoms with Crippen LogP contribution in [0.5, 0.6) is 0 Å². The summed E-state index contributed by atoms with van der Waals surface area (Å²) >= 11 is 0. The fourth-order valence-electron chi connectivity index (χ4n) is 4.78. The fraction of sp³-hybridized carbons (Fsp3) is 0.481. The largest absolute Gasteiger partial charge is 0.481 e. The van der Waals surface area contributed by atoms with Gasteiger partial charge in [0.2, 0.25) is 5.91 Å². The quantitative estimate of drug-likeness (QED) is 0.381. The number of amides is 1. The van der Waals surface area contributed by atoms with Crippen molar-refractivity contribution in [3.63, 3.8) is 0 Å². The zero-order valence-corrected chi connectivity index (χ0v) is 20.7. The van der Waals surface area contributed by atoms with E-state index in [0.717, 1.165) is 80.8 Å². The molecule has 0 aliphatic carbocycles. The number of fused-ring (bicyclic) bond motifs is 2. The first-order valence-corrected chi connectivity index (χ1v) is 12.9. The number of piperidine rings is 1. The molecule has 1 saturated heterocycles. The number of aromatic amines is 1. The second-order valence-corrected chi connectivity index (χ2v) is 9.44. The van der Waals surface area contributed by atoms with Gasteiger partial charge in [0.1, 0.15) is 11.5 Å². The van der Waals surface area contributed by atoms with E-state index in [1.807, 2.05) is 24.4 Å². The molecule has 1 atom stereocenters. The standard InChI is InChI=1S/C20H30N4O3.C7H6N2/c25-18(26)9-11-22-20(27)16-5-2-12-24(14-16)13-3-6-17-8-7-15-4-1-10-21-19(15)23-17;1-2-6-3-5-9-7(6)8-4-1/h7-8,16H,1-6,9-14H2,(H,21,23)(H,22,27)(H,25,26);1-5H,(H,8,9). The lowest BCUT2D eigenvalue weighted by Crippen LogP contribution is -2.43. The highest BCUT2D eigenvalue weighted by Crippen LogP contribution is 2.21. The third-order valence-electron chi connectivity index (χ3n) is 6.70. The molecule has 1 unspecified atom stereocenters. The maximum absolute atomic E-state index is 12.2. The summed E-state index contributed by atoms with van der Waals surface area (Å²) in [5.74, 6) is 0.128. The van der Waals surface area contributed by atoms with Crippen molar-refractivity contribution in [1.29, 1.82) is 0 Å². The van der Waals surface area contributed by atoms with Crippen LogP contribution in [0.4, 0.5) is 5.82 Å². The number of carboxylic acid groups (broad SMARTS) is 1.